The van der Waals surface area contributed by atoms with Gasteiger partial charge in [-0.2, -0.15) is 0 Å². The number of Topliss-reactive ketones (excluding diaryl/α,β-unsaturated/α-hetero) is 1. The van der Waals surface area contributed by atoms with Crippen LogP contribution in [0.2, 0.25) is 0 Å². The Labute approximate surface area is 405 Å². The van der Waals surface area contributed by atoms with E-state index >= 15 is 0 Å². The summed E-state index contributed by atoms with van der Waals surface area (Å²) in [5, 5.41) is 98.3. The largest absolute Gasteiger partial charge is 0.394 e. The highest BCUT2D eigenvalue weighted by Crippen LogP contribution is 2.11. The Hall–Kier alpha value is -1.78. The summed E-state index contributed by atoms with van der Waals surface area (Å²) >= 11 is 0. The van der Waals surface area contributed by atoms with Crippen molar-refractivity contribution in [3.8, 4) is 0 Å². The molecular weight excluding hydrogens is 928 g/mol. The Morgan fingerprint density at radius 2 is 0.609 bits per heavy atom. The van der Waals surface area contributed by atoms with Crippen molar-refractivity contribution in [3.05, 3.63) is 0 Å². The minimum atomic E-state index is -1.88. The van der Waals surface area contributed by atoms with Crippen LogP contribution in [0.3, 0.4) is 0 Å². The van der Waals surface area contributed by atoms with E-state index in [9.17, 15) is 50.4 Å². The van der Waals surface area contributed by atoms with Crippen molar-refractivity contribution in [2.24, 2.45) is 0 Å². The fraction of sp³-hybridized carbons (Fsp3) is 0.953. The van der Waals surface area contributed by atoms with Crippen LogP contribution in [0.4, 0.5) is 0 Å². The zero-order valence-electron chi connectivity index (χ0n) is 40.6. The molecule has 0 aliphatic rings. The minimum Gasteiger partial charge on any atom is -0.394 e. The molecule has 0 saturated carbocycles. The van der Waals surface area contributed by atoms with E-state index in [0.29, 0.717) is 132 Å². The maximum atomic E-state index is 11.8. The van der Waals surface area contributed by atoms with E-state index in [-0.39, 0.29) is 57.6 Å². The van der Waals surface area contributed by atoms with Crippen LogP contribution in [0, 0.1) is 0 Å². The van der Waals surface area contributed by atoms with Gasteiger partial charge in [0.2, 0.25) is 5.91 Å². The maximum Gasteiger partial charge on any atom is 0.225 e. The first-order chi connectivity index (χ1) is 33.3. The SMILES string of the molecule is CC(=O)CN(C)C(=O)CCOCCOCCOCCOCCOCCOCCOCCOCCOCCOCCOCCOCCN(C[C@H](O)[C@@H](O)[C@H](O)[C@H](O)CO)C[C@H](O)[C@@H](O)[C@H](O)[C@H](O)CO. The van der Waals surface area contributed by atoms with Crippen LogP contribution in [-0.2, 0) is 66.4 Å². The van der Waals surface area contributed by atoms with Gasteiger partial charge in [-0.05, 0) is 6.92 Å². The second-order valence-corrected chi connectivity index (χ2v) is 15.4. The van der Waals surface area contributed by atoms with E-state index in [1.54, 1.807) is 7.05 Å². The van der Waals surface area contributed by atoms with Crippen molar-refractivity contribution in [3.63, 3.8) is 0 Å². The number of amides is 1. The summed E-state index contributed by atoms with van der Waals surface area (Å²) in [6.07, 6.45) is -14.1. The number of likely N-dealkylation sites (N-methyl/N-ethyl adjacent to an activating group) is 1. The van der Waals surface area contributed by atoms with Crippen LogP contribution in [-0.4, -0.2) is 326 Å². The van der Waals surface area contributed by atoms with Crippen molar-refractivity contribution >= 4 is 11.7 Å². The van der Waals surface area contributed by atoms with Gasteiger partial charge < -0.3 is 113 Å². The molecule has 0 radical (unpaired) electrons. The Morgan fingerprint density at radius 1 is 0.377 bits per heavy atom. The standard InChI is InChI=1S/C43H86N2O24/c1-34(48)29-44(2)39(53)3-5-58-7-9-60-11-13-62-15-17-64-19-21-66-23-25-68-27-28-69-26-24-67-22-20-65-18-16-63-14-12-61-10-8-59-6-4-45(30-35(49)40(54)42(56)37(51)32-46)31-36(50)41(55)43(57)38(52)33-47/h35-38,40-43,46-47,49-52,54-57H,3-33H2,1-2H3/t35-,36-,37+,38+,40+,41+,42+,43+/m0/s1. The lowest BCUT2D eigenvalue weighted by Crippen LogP contribution is -2.53. The van der Waals surface area contributed by atoms with Crippen LogP contribution >= 0.6 is 0 Å². The fourth-order valence-electron chi connectivity index (χ4n) is 5.62. The summed E-state index contributed by atoms with van der Waals surface area (Å²) in [4.78, 5) is 25.6. The van der Waals surface area contributed by atoms with Gasteiger partial charge in [0.25, 0.3) is 0 Å². The van der Waals surface area contributed by atoms with Crippen molar-refractivity contribution < 1.29 is 117 Å². The smallest absolute Gasteiger partial charge is 0.225 e. The summed E-state index contributed by atoms with van der Waals surface area (Å²) in [6, 6.07) is 0. The average molecular weight is 1020 g/mol. The number of carbonyl (C=O) groups is 2. The molecule has 0 rings (SSSR count). The van der Waals surface area contributed by atoms with Crippen LogP contribution in [0.25, 0.3) is 0 Å². The maximum absolute atomic E-state index is 11.8. The van der Waals surface area contributed by atoms with E-state index in [1.807, 2.05) is 0 Å². The normalized spacial score (nSPS) is 15.5. The minimum absolute atomic E-state index is 0.0245. The average Bonchev–Trinajstić information content (AvgIpc) is 3.33. The van der Waals surface area contributed by atoms with E-state index in [2.05, 4.69) is 0 Å². The first-order valence-corrected chi connectivity index (χ1v) is 23.3. The molecule has 0 aromatic carbocycles. The van der Waals surface area contributed by atoms with Gasteiger partial charge in [-0.25, -0.2) is 0 Å². The number of carbonyl (C=O) groups excluding carboxylic acids is 2. The zero-order chi connectivity index (χ0) is 51.3. The third-order valence-electron chi connectivity index (χ3n) is 9.53. The molecule has 26 heteroatoms. The first-order valence-electron chi connectivity index (χ1n) is 23.3. The molecule has 0 saturated heterocycles. The van der Waals surface area contributed by atoms with Gasteiger partial charge in [-0.3, -0.25) is 14.5 Å². The van der Waals surface area contributed by atoms with Gasteiger partial charge in [-0.15, -0.1) is 0 Å². The van der Waals surface area contributed by atoms with Gasteiger partial charge in [0.1, 0.15) is 42.4 Å². The Bertz CT molecular complexity index is 1130. The molecule has 0 fully saturated rings. The van der Waals surface area contributed by atoms with E-state index in [0.717, 1.165) is 0 Å². The van der Waals surface area contributed by atoms with Gasteiger partial charge >= 0.3 is 0 Å². The molecule has 412 valence electrons. The summed E-state index contributed by atoms with van der Waals surface area (Å²) in [5.74, 6) is -0.204. The van der Waals surface area contributed by atoms with Gasteiger partial charge in [0, 0.05) is 26.7 Å². The van der Waals surface area contributed by atoms with Crippen LogP contribution in [0.1, 0.15) is 13.3 Å². The zero-order valence-corrected chi connectivity index (χ0v) is 40.6. The Morgan fingerprint density at radius 3 is 0.855 bits per heavy atom. The third-order valence-corrected chi connectivity index (χ3v) is 9.53. The van der Waals surface area contributed by atoms with E-state index in [1.165, 1.54) is 16.7 Å². The monoisotopic (exact) mass is 1010 g/mol. The predicted octanol–water partition coefficient (Wildman–Crippen LogP) is -6.20. The van der Waals surface area contributed by atoms with Crippen LogP contribution in [0.5, 0.6) is 0 Å². The highest BCUT2D eigenvalue weighted by molar-refractivity contribution is 5.84. The van der Waals surface area contributed by atoms with Crippen LogP contribution < -0.4 is 0 Å². The van der Waals surface area contributed by atoms with E-state index < -0.39 is 75.1 Å². The number of hydrogen-bond donors (Lipinski definition) is 10. The third kappa shape index (κ3) is 39.4. The number of hydrogen-bond acceptors (Lipinski definition) is 25. The lowest BCUT2D eigenvalue weighted by molar-refractivity contribution is -0.134. The highest BCUT2D eigenvalue weighted by atomic mass is 16.6. The number of rotatable bonds is 53. The molecule has 10 N–H and O–H groups in total. The summed E-state index contributed by atoms with van der Waals surface area (Å²) in [5.41, 5.74) is 0. The summed E-state index contributed by atoms with van der Waals surface area (Å²) in [6.45, 7) is 7.80. The number of ether oxygens (including phenoxy) is 12. The van der Waals surface area contributed by atoms with E-state index in [4.69, 9.17) is 67.1 Å². The number of ketones is 1. The predicted molar refractivity (Wildman–Crippen MR) is 241 cm³/mol. The number of nitrogens with zero attached hydrogens (tertiary/aromatic N) is 2. The molecule has 0 aliphatic heterocycles. The second kappa shape index (κ2) is 47.2. The molecular formula is C43H86N2O24. The van der Waals surface area contributed by atoms with Gasteiger partial charge in [-0.1, -0.05) is 0 Å². The second-order valence-electron chi connectivity index (χ2n) is 15.4. The highest BCUT2D eigenvalue weighted by Gasteiger charge is 2.34. The molecule has 0 aromatic heterocycles. The van der Waals surface area contributed by atoms with Crippen molar-refractivity contribution in [1.29, 1.82) is 0 Å². The van der Waals surface area contributed by atoms with Gasteiger partial charge in [0.05, 0.1) is 197 Å². The molecule has 0 aliphatic carbocycles. The number of aliphatic hydroxyl groups is 10. The van der Waals surface area contributed by atoms with Crippen molar-refractivity contribution in [2.75, 3.05) is 205 Å². The van der Waals surface area contributed by atoms with Gasteiger partial charge in [0.15, 0.2) is 0 Å². The molecule has 0 bridgehead atoms. The summed E-state index contributed by atoms with van der Waals surface area (Å²) in [7, 11) is 1.59. The molecule has 69 heavy (non-hydrogen) atoms. The topological polar surface area (TPSA) is 354 Å². The number of aliphatic hydroxyl groups excluding tert-OH is 10. The fourth-order valence-corrected chi connectivity index (χ4v) is 5.62. The summed E-state index contributed by atoms with van der Waals surface area (Å²) < 4.78 is 65.5. The molecule has 0 unspecified atom stereocenters. The lowest BCUT2D eigenvalue weighted by atomic mass is 10.0. The quantitative estimate of drug-likeness (QED) is 0.0253. The molecule has 8 atom stereocenters. The van der Waals surface area contributed by atoms with Crippen molar-refractivity contribution in [1.82, 2.24) is 9.80 Å². The molecule has 26 nitrogen and oxygen atoms in total. The van der Waals surface area contributed by atoms with Crippen molar-refractivity contribution in [2.45, 2.75) is 62.2 Å². The molecule has 0 heterocycles. The Kier molecular flexibility index (Phi) is 46.0. The lowest BCUT2D eigenvalue weighted by Gasteiger charge is -2.33. The molecule has 0 aromatic rings. The molecule has 1 amide bonds. The van der Waals surface area contributed by atoms with Crippen LogP contribution in [0.15, 0.2) is 0 Å². The first kappa shape index (κ1) is 67.2. The molecule has 0 spiro atoms. The Balaban J connectivity index is 3.63.